The van der Waals surface area contributed by atoms with Crippen molar-refractivity contribution in [1.82, 2.24) is 0 Å². The van der Waals surface area contributed by atoms with Crippen molar-refractivity contribution in [2.45, 2.75) is 39.0 Å². The van der Waals surface area contributed by atoms with Gasteiger partial charge in [-0.05, 0) is 30.9 Å². The Morgan fingerprint density at radius 3 is 2.83 bits per heavy atom. The molecule has 0 heterocycles. The Hall–Kier alpha value is -1.71. The Morgan fingerprint density at radius 1 is 1.33 bits per heavy atom. The molecule has 0 bridgehead atoms. The molecule has 1 rings (SSSR count). The van der Waals surface area contributed by atoms with Crippen molar-refractivity contribution in [2.24, 2.45) is 10.9 Å². The molecule has 0 saturated heterocycles. The van der Waals surface area contributed by atoms with Gasteiger partial charge in [0.15, 0.2) is 0 Å². The monoisotopic (exact) mass is 249 g/mol. The molecular weight excluding hydrogens is 226 g/mol. The largest absolute Gasteiger partial charge is 0.409 e. The minimum Gasteiger partial charge on any atom is -0.409 e. The van der Waals surface area contributed by atoms with E-state index in [4.69, 9.17) is 10.9 Å². The van der Waals surface area contributed by atoms with Crippen LogP contribution in [0.25, 0.3) is 0 Å². The first kappa shape index (κ1) is 14.4. The maximum atomic E-state index is 8.41. The minimum absolute atomic E-state index is 0.307. The Labute approximate surface area is 109 Å². The quantitative estimate of drug-likeness (QED) is 0.218. The zero-order chi connectivity index (χ0) is 13.2. The van der Waals surface area contributed by atoms with Crippen LogP contribution in [0.5, 0.6) is 0 Å². The molecule has 1 aromatic carbocycles. The van der Waals surface area contributed by atoms with E-state index < -0.39 is 0 Å². The second-order valence-electron chi connectivity index (χ2n) is 4.38. The Bertz CT molecular complexity index is 377. The molecular formula is C14H23N3O. The lowest BCUT2D eigenvalue weighted by Crippen LogP contribution is -2.12. The number of amidine groups is 1. The van der Waals surface area contributed by atoms with Crippen LogP contribution in [0.3, 0.4) is 0 Å². The molecule has 0 amide bonds. The number of nitrogens with two attached hydrogens (primary N) is 1. The van der Waals surface area contributed by atoms with E-state index in [0.29, 0.717) is 12.3 Å². The van der Waals surface area contributed by atoms with E-state index >= 15 is 0 Å². The number of rotatable bonds is 8. The normalized spacial score (nSPS) is 11.5. The summed E-state index contributed by atoms with van der Waals surface area (Å²) < 4.78 is 0. The first-order chi connectivity index (χ1) is 8.77. The zero-order valence-electron chi connectivity index (χ0n) is 11.0. The van der Waals surface area contributed by atoms with Gasteiger partial charge in [0.05, 0.1) is 0 Å². The molecule has 0 saturated carbocycles. The lowest BCUT2D eigenvalue weighted by molar-refractivity contribution is 0.316. The molecule has 0 aliphatic carbocycles. The van der Waals surface area contributed by atoms with E-state index in [9.17, 15) is 0 Å². The SMILES string of the molecule is CCCc1ccccc1NCCCC/C(N)=N/O. The van der Waals surface area contributed by atoms with Crippen molar-refractivity contribution in [1.29, 1.82) is 0 Å². The molecule has 1 aromatic rings. The van der Waals surface area contributed by atoms with Crippen LogP contribution in [-0.2, 0) is 6.42 Å². The van der Waals surface area contributed by atoms with E-state index in [1.165, 1.54) is 11.3 Å². The summed E-state index contributed by atoms with van der Waals surface area (Å²) in [6.07, 6.45) is 4.85. The molecule has 0 atom stereocenters. The average Bonchev–Trinajstić information content (AvgIpc) is 2.40. The maximum absolute atomic E-state index is 8.41. The molecule has 0 unspecified atom stereocenters. The lowest BCUT2D eigenvalue weighted by Gasteiger charge is -2.11. The Kier molecular flexibility index (Phi) is 6.69. The molecule has 0 spiro atoms. The van der Waals surface area contributed by atoms with Gasteiger partial charge in [-0.25, -0.2) is 0 Å². The summed E-state index contributed by atoms with van der Waals surface area (Å²) in [6.45, 7) is 3.10. The van der Waals surface area contributed by atoms with E-state index in [1.54, 1.807) is 0 Å². The molecule has 18 heavy (non-hydrogen) atoms. The van der Waals surface area contributed by atoms with Crippen molar-refractivity contribution in [2.75, 3.05) is 11.9 Å². The molecule has 0 aliphatic rings. The summed E-state index contributed by atoms with van der Waals surface area (Å²) in [5.41, 5.74) is 8.01. The van der Waals surface area contributed by atoms with Crippen molar-refractivity contribution < 1.29 is 5.21 Å². The van der Waals surface area contributed by atoms with E-state index in [1.807, 2.05) is 0 Å². The topological polar surface area (TPSA) is 70.6 Å². The van der Waals surface area contributed by atoms with E-state index in [0.717, 1.165) is 32.2 Å². The molecule has 0 fully saturated rings. The van der Waals surface area contributed by atoms with Crippen LogP contribution in [0.2, 0.25) is 0 Å². The highest BCUT2D eigenvalue weighted by Crippen LogP contribution is 2.16. The molecule has 0 aliphatic heterocycles. The van der Waals surface area contributed by atoms with E-state index in [-0.39, 0.29) is 0 Å². The van der Waals surface area contributed by atoms with Crippen LogP contribution in [-0.4, -0.2) is 17.6 Å². The summed E-state index contributed by atoms with van der Waals surface area (Å²) in [5, 5.41) is 14.8. The number of aryl methyl sites for hydroxylation is 1. The second-order valence-corrected chi connectivity index (χ2v) is 4.38. The zero-order valence-corrected chi connectivity index (χ0v) is 11.0. The number of nitrogens with one attached hydrogen (secondary N) is 1. The molecule has 4 N–H and O–H groups in total. The molecule has 4 nitrogen and oxygen atoms in total. The van der Waals surface area contributed by atoms with Gasteiger partial charge >= 0.3 is 0 Å². The smallest absolute Gasteiger partial charge is 0.139 e. The van der Waals surface area contributed by atoms with Crippen LogP contribution >= 0.6 is 0 Å². The van der Waals surface area contributed by atoms with Crippen molar-refractivity contribution >= 4 is 11.5 Å². The standard InChI is InChI=1S/C14H23N3O/c1-2-7-12-8-3-4-9-13(12)16-11-6-5-10-14(15)17-18/h3-4,8-9,16,18H,2,5-7,10-11H2,1H3,(H2,15,17). The van der Waals surface area contributed by atoms with E-state index in [2.05, 4.69) is 41.7 Å². The number of anilines is 1. The predicted octanol–water partition coefficient (Wildman–Crippen LogP) is 2.97. The van der Waals surface area contributed by atoms with Gasteiger partial charge < -0.3 is 16.3 Å². The van der Waals surface area contributed by atoms with Crippen molar-refractivity contribution in [3.05, 3.63) is 29.8 Å². The maximum Gasteiger partial charge on any atom is 0.139 e. The third kappa shape index (κ3) is 5.08. The van der Waals surface area contributed by atoms with Crippen molar-refractivity contribution in [3.8, 4) is 0 Å². The summed E-state index contributed by atoms with van der Waals surface area (Å²) in [6, 6.07) is 8.42. The summed E-state index contributed by atoms with van der Waals surface area (Å²) in [5.74, 6) is 0.307. The van der Waals surface area contributed by atoms with Gasteiger partial charge in [0.2, 0.25) is 0 Å². The van der Waals surface area contributed by atoms with Gasteiger partial charge in [0.25, 0.3) is 0 Å². The first-order valence-electron chi connectivity index (χ1n) is 6.56. The Balaban J connectivity index is 2.30. The Morgan fingerprint density at radius 2 is 2.11 bits per heavy atom. The van der Waals surface area contributed by atoms with Gasteiger partial charge in [-0.3, -0.25) is 0 Å². The highest BCUT2D eigenvalue weighted by molar-refractivity contribution is 5.79. The molecule has 0 radical (unpaired) electrons. The molecule has 0 aromatic heterocycles. The fraction of sp³-hybridized carbons (Fsp3) is 0.500. The third-order valence-electron chi connectivity index (χ3n) is 2.84. The van der Waals surface area contributed by atoms with Gasteiger partial charge in [0.1, 0.15) is 5.84 Å². The number of para-hydroxylation sites is 1. The van der Waals surface area contributed by atoms with Gasteiger partial charge in [-0.15, -0.1) is 0 Å². The number of benzene rings is 1. The third-order valence-corrected chi connectivity index (χ3v) is 2.84. The number of hydrogen-bond acceptors (Lipinski definition) is 3. The van der Waals surface area contributed by atoms with Gasteiger partial charge in [-0.1, -0.05) is 36.7 Å². The number of nitrogens with zero attached hydrogens (tertiary/aromatic N) is 1. The molecule has 100 valence electrons. The highest BCUT2D eigenvalue weighted by Gasteiger charge is 2.00. The number of oxime groups is 1. The fourth-order valence-corrected chi connectivity index (χ4v) is 1.88. The van der Waals surface area contributed by atoms with Crippen LogP contribution < -0.4 is 11.1 Å². The average molecular weight is 249 g/mol. The summed E-state index contributed by atoms with van der Waals surface area (Å²) >= 11 is 0. The lowest BCUT2D eigenvalue weighted by atomic mass is 10.1. The summed E-state index contributed by atoms with van der Waals surface area (Å²) in [4.78, 5) is 0. The first-order valence-corrected chi connectivity index (χ1v) is 6.56. The predicted molar refractivity (Wildman–Crippen MR) is 76.2 cm³/mol. The fourth-order valence-electron chi connectivity index (χ4n) is 1.88. The van der Waals surface area contributed by atoms with Gasteiger partial charge in [0, 0.05) is 18.7 Å². The van der Waals surface area contributed by atoms with Crippen molar-refractivity contribution in [3.63, 3.8) is 0 Å². The van der Waals surface area contributed by atoms with Crippen LogP contribution in [0.4, 0.5) is 5.69 Å². The number of unbranched alkanes of at least 4 members (excludes halogenated alkanes) is 1. The second kappa shape index (κ2) is 8.39. The van der Waals surface area contributed by atoms with Crippen LogP contribution in [0.1, 0.15) is 38.2 Å². The minimum atomic E-state index is 0.307. The number of hydrogen-bond donors (Lipinski definition) is 3. The highest BCUT2D eigenvalue weighted by atomic mass is 16.4. The molecule has 4 heteroatoms. The van der Waals surface area contributed by atoms with Gasteiger partial charge in [-0.2, -0.15) is 0 Å². The van der Waals surface area contributed by atoms with Crippen LogP contribution in [0.15, 0.2) is 29.4 Å². The summed E-state index contributed by atoms with van der Waals surface area (Å²) in [7, 11) is 0. The van der Waals surface area contributed by atoms with Crippen LogP contribution in [0, 0.1) is 0 Å².